The Labute approximate surface area is 112 Å². The molecule has 2 nitrogen and oxygen atoms in total. The molecule has 0 saturated heterocycles. The number of pyridine rings is 1. The summed E-state index contributed by atoms with van der Waals surface area (Å²) in [6.07, 6.45) is 5.69. The third-order valence-electron chi connectivity index (χ3n) is 3.87. The summed E-state index contributed by atoms with van der Waals surface area (Å²) in [5.41, 5.74) is 2.08. The van der Waals surface area contributed by atoms with Crippen LogP contribution in [0.3, 0.4) is 0 Å². The molecule has 1 aliphatic carbocycles. The number of halogens is 1. The molecule has 0 bridgehead atoms. The maximum absolute atomic E-state index is 6.18. The second-order valence-electron chi connectivity index (χ2n) is 5.19. The number of fused-ring (bicyclic) bond motifs is 1. The van der Waals surface area contributed by atoms with Crippen molar-refractivity contribution in [3.63, 3.8) is 0 Å². The van der Waals surface area contributed by atoms with Gasteiger partial charge in [0.25, 0.3) is 0 Å². The lowest BCUT2D eigenvalue weighted by Gasteiger charge is -2.19. The zero-order chi connectivity index (χ0) is 12.5. The summed E-state index contributed by atoms with van der Waals surface area (Å²) in [5.74, 6) is 0.725. The molecular formula is C15H17ClN2. The number of nitrogens with one attached hydrogen (secondary N) is 1. The van der Waals surface area contributed by atoms with Crippen molar-refractivity contribution in [2.24, 2.45) is 5.92 Å². The van der Waals surface area contributed by atoms with E-state index < -0.39 is 0 Å². The molecule has 0 spiro atoms. The van der Waals surface area contributed by atoms with Gasteiger partial charge in [-0.3, -0.25) is 4.98 Å². The van der Waals surface area contributed by atoms with Crippen molar-refractivity contribution in [3.05, 3.63) is 35.5 Å². The smallest absolute Gasteiger partial charge is 0.0934 e. The molecule has 3 heteroatoms. The predicted molar refractivity (Wildman–Crippen MR) is 77.2 cm³/mol. The SMILES string of the molecule is CC1CCCC1Nc1cc(Cl)cc2cccnc12. The lowest BCUT2D eigenvalue weighted by atomic mass is 10.1. The molecule has 2 aromatic rings. The van der Waals surface area contributed by atoms with E-state index in [1.807, 2.05) is 24.4 Å². The van der Waals surface area contributed by atoms with Crippen molar-refractivity contribution in [1.82, 2.24) is 4.98 Å². The molecule has 1 aliphatic rings. The molecular weight excluding hydrogens is 244 g/mol. The second-order valence-corrected chi connectivity index (χ2v) is 5.62. The fourth-order valence-corrected chi connectivity index (χ4v) is 3.05. The van der Waals surface area contributed by atoms with E-state index in [1.54, 1.807) is 0 Å². The first-order valence-electron chi connectivity index (χ1n) is 6.55. The van der Waals surface area contributed by atoms with Crippen LogP contribution in [0.1, 0.15) is 26.2 Å². The highest BCUT2D eigenvalue weighted by atomic mass is 35.5. The van der Waals surface area contributed by atoms with Gasteiger partial charge in [-0.25, -0.2) is 0 Å². The quantitative estimate of drug-likeness (QED) is 0.861. The monoisotopic (exact) mass is 260 g/mol. The van der Waals surface area contributed by atoms with E-state index in [1.165, 1.54) is 19.3 Å². The fourth-order valence-electron chi connectivity index (χ4n) is 2.83. The molecule has 18 heavy (non-hydrogen) atoms. The van der Waals surface area contributed by atoms with E-state index in [2.05, 4.69) is 23.3 Å². The Bertz CT molecular complexity index is 567. The van der Waals surface area contributed by atoms with Gasteiger partial charge in [0.15, 0.2) is 0 Å². The molecule has 1 N–H and O–H groups in total. The van der Waals surface area contributed by atoms with E-state index in [0.717, 1.165) is 27.5 Å². The van der Waals surface area contributed by atoms with Gasteiger partial charge >= 0.3 is 0 Å². The molecule has 2 unspecified atom stereocenters. The molecule has 3 rings (SSSR count). The molecule has 1 fully saturated rings. The maximum atomic E-state index is 6.18. The Balaban J connectivity index is 2.00. The zero-order valence-electron chi connectivity index (χ0n) is 10.5. The van der Waals surface area contributed by atoms with Crippen molar-refractivity contribution in [2.45, 2.75) is 32.2 Å². The van der Waals surface area contributed by atoms with Crippen molar-refractivity contribution < 1.29 is 0 Å². The van der Waals surface area contributed by atoms with Gasteiger partial charge in [-0.1, -0.05) is 31.0 Å². The highest BCUT2D eigenvalue weighted by molar-refractivity contribution is 6.31. The van der Waals surface area contributed by atoms with Crippen LogP contribution < -0.4 is 5.32 Å². The van der Waals surface area contributed by atoms with Gasteiger partial charge in [-0.05, 0) is 37.0 Å². The lowest BCUT2D eigenvalue weighted by molar-refractivity contribution is 0.557. The first-order valence-corrected chi connectivity index (χ1v) is 6.92. The summed E-state index contributed by atoms with van der Waals surface area (Å²) in [4.78, 5) is 4.47. The van der Waals surface area contributed by atoms with Crippen LogP contribution in [0, 0.1) is 5.92 Å². The van der Waals surface area contributed by atoms with Crippen molar-refractivity contribution in [2.75, 3.05) is 5.32 Å². The Morgan fingerprint density at radius 3 is 3.00 bits per heavy atom. The largest absolute Gasteiger partial charge is 0.380 e. The summed E-state index contributed by atoms with van der Waals surface area (Å²) in [6.45, 7) is 2.31. The molecule has 2 atom stereocenters. The van der Waals surface area contributed by atoms with Crippen LogP contribution in [0.4, 0.5) is 5.69 Å². The van der Waals surface area contributed by atoms with Crippen LogP contribution in [0.15, 0.2) is 30.5 Å². The average molecular weight is 261 g/mol. The van der Waals surface area contributed by atoms with Gasteiger partial charge in [0, 0.05) is 22.6 Å². The van der Waals surface area contributed by atoms with Crippen LogP contribution in [0.25, 0.3) is 10.9 Å². The molecule has 0 radical (unpaired) electrons. The highest BCUT2D eigenvalue weighted by Crippen LogP contribution is 2.32. The summed E-state index contributed by atoms with van der Waals surface area (Å²) in [7, 11) is 0. The molecule has 94 valence electrons. The highest BCUT2D eigenvalue weighted by Gasteiger charge is 2.23. The average Bonchev–Trinajstić information content (AvgIpc) is 2.75. The number of rotatable bonds is 2. The van der Waals surface area contributed by atoms with Crippen molar-refractivity contribution >= 4 is 28.2 Å². The van der Waals surface area contributed by atoms with Crippen LogP contribution >= 0.6 is 11.6 Å². The van der Waals surface area contributed by atoms with E-state index >= 15 is 0 Å². The number of hydrogen-bond acceptors (Lipinski definition) is 2. The van der Waals surface area contributed by atoms with Crippen LogP contribution in [0.2, 0.25) is 5.02 Å². The number of nitrogens with zero attached hydrogens (tertiary/aromatic N) is 1. The fraction of sp³-hybridized carbons (Fsp3) is 0.400. The molecule has 1 heterocycles. The van der Waals surface area contributed by atoms with Gasteiger partial charge in [0.2, 0.25) is 0 Å². The Kier molecular flexibility index (Phi) is 3.13. The topological polar surface area (TPSA) is 24.9 Å². The summed E-state index contributed by atoms with van der Waals surface area (Å²) < 4.78 is 0. The minimum atomic E-state index is 0.550. The van der Waals surface area contributed by atoms with Crippen LogP contribution in [0.5, 0.6) is 0 Å². The van der Waals surface area contributed by atoms with E-state index in [4.69, 9.17) is 11.6 Å². The van der Waals surface area contributed by atoms with Gasteiger partial charge < -0.3 is 5.32 Å². The van der Waals surface area contributed by atoms with Gasteiger partial charge in [-0.15, -0.1) is 0 Å². The second kappa shape index (κ2) is 4.77. The van der Waals surface area contributed by atoms with Crippen molar-refractivity contribution in [3.8, 4) is 0 Å². The van der Waals surface area contributed by atoms with Gasteiger partial charge in [0.05, 0.1) is 11.2 Å². The zero-order valence-corrected chi connectivity index (χ0v) is 11.2. The number of benzene rings is 1. The standard InChI is InChI=1S/C15H17ClN2/c1-10-4-2-6-13(10)18-14-9-12(16)8-11-5-3-7-17-15(11)14/h3,5,7-10,13,18H,2,4,6H2,1H3. The molecule has 0 aliphatic heterocycles. The normalized spacial score (nSPS) is 23.4. The Hall–Kier alpha value is -1.28. The van der Waals surface area contributed by atoms with Gasteiger partial charge in [0.1, 0.15) is 0 Å². The summed E-state index contributed by atoms with van der Waals surface area (Å²) >= 11 is 6.18. The van der Waals surface area contributed by atoms with Crippen LogP contribution in [-0.2, 0) is 0 Å². The minimum absolute atomic E-state index is 0.550. The third-order valence-corrected chi connectivity index (χ3v) is 4.09. The lowest BCUT2D eigenvalue weighted by Crippen LogP contribution is -2.22. The van der Waals surface area contributed by atoms with E-state index in [-0.39, 0.29) is 0 Å². The molecule has 0 amide bonds. The first-order chi connectivity index (χ1) is 8.74. The summed E-state index contributed by atoms with van der Waals surface area (Å²) in [6, 6.07) is 8.50. The minimum Gasteiger partial charge on any atom is -0.380 e. The Morgan fingerprint density at radius 1 is 1.33 bits per heavy atom. The van der Waals surface area contributed by atoms with Crippen LogP contribution in [-0.4, -0.2) is 11.0 Å². The van der Waals surface area contributed by atoms with Crippen molar-refractivity contribution in [1.29, 1.82) is 0 Å². The van der Waals surface area contributed by atoms with E-state index in [0.29, 0.717) is 6.04 Å². The maximum Gasteiger partial charge on any atom is 0.0934 e. The van der Waals surface area contributed by atoms with E-state index in [9.17, 15) is 0 Å². The number of anilines is 1. The Morgan fingerprint density at radius 2 is 2.22 bits per heavy atom. The summed E-state index contributed by atoms with van der Waals surface area (Å²) in [5, 5.41) is 5.49. The predicted octanol–water partition coefficient (Wildman–Crippen LogP) is 4.49. The molecule has 1 aromatic heterocycles. The van der Waals surface area contributed by atoms with Gasteiger partial charge in [-0.2, -0.15) is 0 Å². The first kappa shape index (κ1) is 11.8. The molecule has 1 saturated carbocycles. The third kappa shape index (κ3) is 2.17. The number of aromatic nitrogens is 1. The number of hydrogen-bond donors (Lipinski definition) is 1. The molecule has 1 aromatic carbocycles.